The zero-order valence-corrected chi connectivity index (χ0v) is 10.6. The van der Waals surface area contributed by atoms with Crippen LogP contribution in [0.2, 0.25) is 0 Å². The first-order valence-electron chi connectivity index (χ1n) is 5.01. The summed E-state index contributed by atoms with van der Waals surface area (Å²) >= 11 is 0. The van der Waals surface area contributed by atoms with E-state index in [4.69, 9.17) is 0 Å². The summed E-state index contributed by atoms with van der Waals surface area (Å²) in [6.45, 7) is 2.07. The molecule has 0 aromatic rings. The van der Waals surface area contributed by atoms with E-state index >= 15 is 0 Å². The SMILES string of the molecule is CCCCCCCC(C(=O)[O-])C(=O)[O-].[Mg+2]. The number of carboxylic acid groups (broad SMARTS) is 2. The van der Waals surface area contributed by atoms with Crippen molar-refractivity contribution in [2.75, 3.05) is 0 Å². The van der Waals surface area contributed by atoms with Crippen LogP contribution < -0.4 is 10.2 Å². The molecule has 0 aromatic carbocycles. The van der Waals surface area contributed by atoms with Crippen LogP contribution in [-0.2, 0) is 9.59 Å². The molecule has 0 saturated heterocycles. The van der Waals surface area contributed by atoms with E-state index < -0.39 is 17.9 Å². The number of hydrogen-bond acceptors (Lipinski definition) is 4. The van der Waals surface area contributed by atoms with E-state index in [0.717, 1.165) is 25.7 Å². The maximum Gasteiger partial charge on any atom is 2.00 e. The van der Waals surface area contributed by atoms with Gasteiger partial charge in [-0.3, -0.25) is 0 Å². The van der Waals surface area contributed by atoms with Gasteiger partial charge in [0.25, 0.3) is 0 Å². The van der Waals surface area contributed by atoms with Gasteiger partial charge in [0.05, 0.1) is 11.9 Å². The number of carbonyl (C=O) groups excluding carboxylic acids is 2. The van der Waals surface area contributed by atoms with Gasteiger partial charge < -0.3 is 19.8 Å². The minimum Gasteiger partial charge on any atom is -0.549 e. The van der Waals surface area contributed by atoms with Crippen molar-refractivity contribution in [3.63, 3.8) is 0 Å². The molecule has 0 unspecified atom stereocenters. The zero-order chi connectivity index (χ0) is 11.0. The first-order valence-corrected chi connectivity index (χ1v) is 5.01. The summed E-state index contributed by atoms with van der Waals surface area (Å²) < 4.78 is 0. The fourth-order valence-corrected chi connectivity index (χ4v) is 1.28. The van der Waals surface area contributed by atoms with Crippen LogP contribution in [0.3, 0.4) is 0 Å². The van der Waals surface area contributed by atoms with Gasteiger partial charge in [0.2, 0.25) is 0 Å². The summed E-state index contributed by atoms with van der Waals surface area (Å²) in [4.78, 5) is 20.7. The molecule has 15 heavy (non-hydrogen) atoms. The maximum atomic E-state index is 10.3. The predicted molar refractivity (Wildman–Crippen MR) is 52.6 cm³/mol. The molecule has 4 nitrogen and oxygen atoms in total. The third kappa shape index (κ3) is 8.68. The average Bonchev–Trinajstić information content (AvgIpc) is 2.09. The number of carboxylic acids is 2. The van der Waals surface area contributed by atoms with Crippen LogP contribution in [0.1, 0.15) is 45.4 Å². The third-order valence-corrected chi connectivity index (χ3v) is 2.17. The molecule has 0 amide bonds. The molecule has 0 heterocycles. The van der Waals surface area contributed by atoms with Crippen LogP contribution in [0.15, 0.2) is 0 Å². The molecule has 0 spiro atoms. The zero-order valence-electron chi connectivity index (χ0n) is 9.16. The maximum absolute atomic E-state index is 10.3. The van der Waals surface area contributed by atoms with Crippen molar-refractivity contribution in [1.82, 2.24) is 0 Å². The first-order chi connectivity index (χ1) is 6.59. The minimum atomic E-state index is -1.54. The molecule has 82 valence electrons. The Morgan fingerprint density at radius 2 is 1.47 bits per heavy atom. The Labute approximate surface area is 106 Å². The standard InChI is InChI=1S/C10H18O4.Mg/c1-2-3-4-5-6-7-8(9(11)12)10(13)14;/h8H,2-7H2,1H3,(H,11,12)(H,13,14);/q;+2/p-2. The molecule has 0 bridgehead atoms. The van der Waals surface area contributed by atoms with Gasteiger partial charge in [-0.15, -0.1) is 0 Å². The summed E-state index contributed by atoms with van der Waals surface area (Å²) in [5, 5.41) is 20.7. The van der Waals surface area contributed by atoms with Crippen molar-refractivity contribution in [3.05, 3.63) is 0 Å². The van der Waals surface area contributed by atoms with Crippen LogP contribution in [0.4, 0.5) is 0 Å². The van der Waals surface area contributed by atoms with E-state index in [2.05, 4.69) is 6.92 Å². The molecular formula is C10H16MgO4. The quantitative estimate of drug-likeness (QED) is 0.303. The fraction of sp³-hybridized carbons (Fsp3) is 0.800. The van der Waals surface area contributed by atoms with Crippen molar-refractivity contribution in [3.8, 4) is 0 Å². The van der Waals surface area contributed by atoms with E-state index in [1.807, 2.05) is 0 Å². The normalized spacial score (nSPS) is 9.73. The van der Waals surface area contributed by atoms with E-state index in [0.29, 0.717) is 6.42 Å². The Kier molecular flexibility index (Phi) is 11.7. The van der Waals surface area contributed by atoms with Crippen LogP contribution in [0.25, 0.3) is 0 Å². The van der Waals surface area contributed by atoms with Crippen molar-refractivity contribution in [2.24, 2.45) is 5.92 Å². The van der Waals surface area contributed by atoms with E-state index in [1.54, 1.807) is 0 Å². The molecule has 0 fully saturated rings. The van der Waals surface area contributed by atoms with Crippen LogP contribution >= 0.6 is 0 Å². The number of unbranched alkanes of at least 4 members (excludes halogenated alkanes) is 4. The minimum absolute atomic E-state index is 0. The molecule has 0 aliphatic carbocycles. The van der Waals surface area contributed by atoms with Gasteiger partial charge >= 0.3 is 23.1 Å². The molecule has 0 aliphatic rings. The molecule has 0 radical (unpaired) electrons. The van der Waals surface area contributed by atoms with E-state index in [1.165, 1.54) is 0 Å². The molecule has 0 rings (SSSR count). The van der Waals surface area contributed by atoms with Gasteiger partial charge in [-0.25, -0.2) is 0 Å². The molecule has 0 N–H and O–H groups in total. The Balaban J connectivity index is 0. The largest absolute Gasteiger partial charge is 2.00 e. The third-order valence-electron chi connectivity index (χ3n) is 2.17. The van der Waals surface area contributed by atoms with E-state index in [9.17, 15) is 19.8 Å². The van der Waals surface area contributed by atoms with E-state index in [-0.39, 0.29) is 29.5 Å². The predicted octanol–water partition coefficient (Wildman–Crippen LogP) is -0.918. The fourth-order valence-electron chi connectivity index (χ4n) is 1.28. The summed E-state index contributed by atoms with van der Waals surface area (Å²) in [6, 6.07) is 0. The number of aliphatic carboxylic acids is 2. The van der Waals surface area contributed by atoms with Crippen LogP contribution in [0.5, 0.6) is 0 Å². The summed E-state index contributed by atoms with van der Waals surface area (Å²) in [6.07, 6.45) is 4.81. The molecular weight excluding hydrogens is 208 g/mol. The molecule has 0 saturated carbocycles. The van der Waals surface area contributed by atoms with Crippen molar-refractivity contribution < 1.29 is 19.8 Å². The second-order valence-corrected chi connectivity index (χ2v) is 3.39. The number of rotatable bonds is 8. The molecule has 5 heteroatoms. The van der Waals surface area contributed by atoms with Gasteiger partial charge in [-0.2, -0.15) is 0 Å². The van der Waals surface area contributed by atoms with Crippen LogP contribution in [-0.4, -0.2) is 35.0 Å². The van der Waals surface area contributed by atoms with Gasteiger partial charge in [0.1, 0.15) is 0 Å². The molecule has 0 atom stereocenters. The van der Waals surface area contributed by atoms with Gasteiger partial charge in [-0.1, -0.05) is 39.0 Å². The van der Waals surface area contributed by atoms with Crippen LogP contribution in [0, 0.1) is 5.92 Å². The average molecular weight is 225 g/mol. The van der Waals surface area contributed by atoms with Crippen molar-refractivity contribution >= 4 is 35.0 Å². The second-order valence-electron chi connectivity index (χ2n) is 3.39. The summed E-state index contributed by atoms with van der Waals surface area (Å²) in [5.41, 5.74) is 0. The van der Waals surface area contributed by atoms with Crippen molar-refractivity contribution in [2.45, 2.75) is 45.4 Å². The first kappa shape index (κ1) is 17.1. The summed E-state index contributed by atoms with van der Waals surface area (Å²) in [5.74, 6) is -4.53. The monoisotopic (exact) mass is 224 g/mol. The Morgan fingerprint density at radius 3 is 1.87 bits per heavy atom. The Morgan fingerprint density at radius 1 is 1.00 bits per heavy atom. The number of carbonyl (C=O) groups is 2. The Bertz CT molecular complexity index is 180. The summed E-state index contributed by atoms with van der Waals surface area (Å²) in [7, 11) is 0. The van der Waals surface area contributed by atoms with Gasteiger partial charge in [0, 0.05) is 5.92 Å². The van der Waals surface area contributed by atoms with Gasteiger partial charge in [-0.05, 0) is 6.42 Å². The number of hydrogen-bond donors (Lipinski definition) is 0. The molecule has 0 aliphatic heterocycles. The van der Waals surface area contributed by atoms with Gasteiger partial charge in [0.15, 0.2) is 0 Å². The molecule has 0 aromatic heterocycles. The van der Waals surface area contributed by atoms with Crippen molar-refractivity contribution in [1.29, 1.82) is 0 Å². The smallest absolute Gasteiger partial charge is 0.549 e. The topological polar surface area (TPSA) is 80.3 Å². The second kappa shape index (κ2) is 10.2. The Hall–Kier alpha value is -0.294.